The number of halogens is 3. The van der Waals surface area contributed by atoms with E-state index in [-0.39, 0.29) is 18.2 Å². The molecule has 1 unspecified atom stereocenters. The van der Waals surface area contributed by atoms with Crippen molar-refractivity contribution in [1.82, 2.24) is 0 Å². The van der Waals surface area contributed by atoms with Crippen molar-refractivity contribution in [3.63, 3.8) is 0 Å². The van der Waals surface area contributed by atoms with Gasteiger partial charge in [-0.2, -0.15) is 13.2 Å². The lowest BCUT2D eigenvalue weighted by molar-refractivity contribution is -0.153. The summed E-state index contributed by atoms with van der Waals surface area (Å²) in [5.41, 5.74) is 1.59. The second-order valence-electron chi connectivity index (χ2n) is 9.67. The van der Waals surface area contributed by atoms with Crippen molar-refractivity contribution < 1.29 is 31.9 Å². The number of carbonyl (C=O) groups excluding carboxylic acids is 1. The Labute approximate surface area is 194 Å². The van der Waals surface area contributed by atoms with Crippen LogP contribution in [-0.2, 0) is 29.4 Å². The highest BCUT2D eigenvalue weighted by Gasteiger charge is 2.58. The highest BCUT2D eigenvalue weighted by atomic mass is 19.4. The molecule has 34 heavy (non-hydrogen) atoms. The van der Waals surface area contributed by atoms with Crippen LogP contribution in [0.25, 0.3) is 0 Å². The number of furan rings is 1. The molecule has 0 N–H and O–H groups in total. The van der Waals surface area contributed by atoms with Crippen LogP contribution in [0.3, 0.4) is 0 Å². The summed E-state index contributed by atoms with van der Waals surface area (Å²) in [5, 5.41) is 0. The molecule has 0 aliphatic carbocycles. The second-order valence-corrected chi connectivity index (χ2v) is 9.67. The molecule has 8 heteroatoms. The molecule has 3 aliphatic heterocycles. The number of rotatable bonds is 2. The third-order valence-electron chi connectivity index (χ3n) is 6.85. The van der Waals surface area contributed by atoms with Crippen LogP contribution < -0.4 is 14.4 Å². The molecule has 1 amide bonds. The maximum Gasteiger partial charge on any atom is 0.449 e. The van der Waals surface area contributed by atoms with Gasteiger partial charge in [-0.25, -0.2) is 0 Å². The monoisotopic (exact) mass is 469 g/mol. The number of nitrogens with zero attached hydrogens (tertiary/aromatic N) is 1. The predicted octanol–water partition coefficient (Wildman–Crippen LogP) is 5.63. The number of anilines is 1. The van der Waals surface area contributed by atoms with Crippen LogP contribution in [-0.4, -0.2) is 18.1 Å². The molecular formula is C26H22F3NO4. The standard InChI is InChI=1S/C26H22F3NO4/c1-24(2)14-25(18-11-15-9-10-32-20(15)12-21(18)34-24)17-5-3-4-6-19(17)30(23(25)31)13-16-7-8-22(33-16)26(27,28)29/h3-8,11-12H,9-10,13-14H2,1-2H3. The van der Waals surface area contributed by atoms with Gasteiger partial charge in [0, 0.05) is 30.2 Å². The number of benzene rings is 2. The number of hydrogen-bond donors (Lipinski definition) is 0. The van der Waals surface area contributed by atoms with Gasteiger partial charge < -0.3 is 18.8 Å². The highest BCUT2D eigenvalue weighted by Crippen LogP contribution is 2.57. The summed E-state index contributed by atoms with van der Waals surface area (Å²) in [6.45, 7) is 4.35. The van der Waals surface area contributed by atoms with Crippen molar-refractivity contribution in [3.05, 3.63) is 76.7 Å². The Morgan fingerprint density at radius 3 is 2.59 bits per heavy atom. The number of alkyl halides is 3. The first-order valence-corrected chi connectivity index (χ1v) is 11.2. The fraction of sp³-hybridized carbons (Fsp3) is 0.346. The maximum atomic E-state index is 14.3. The molecule has 0 radical (unpaired) electrons. The summed E-state index contributed by atoms with van der Waals surface area (Å²) in [6, 6.07) is 13.5. The summed E-state index contributed by atoms with van der Waals surface area (Å²) in [4.78, 5) is 15.8. The van der Waals surface area contributed by atoms with Gasteiger partial charge in [0.2, 0.25) is 11.7 Å². The fourth-order valence-electron chi connectivity index (χ4n) is 5.58. The van der Waals surface area contributed by atoms with Gasteiger partial charge in [-0.1, -0.05) is 18.2 Å². The molecule has 1 spiro atoms. The second kappa shape index (κ2) is 6.81. The molecular weight excluding hydrogens is 447 g/mol. The Hall–Kier alpha value is -3.42. The number of carbonyl (C=O) groups is 1. The van der Waals surface area contributed by atoms with Gasteiger partial charge in [-0.15, -0.1) is 0 Å². The van der Waals surface area contributed by atoms with Crippen molar-refractivity contribution >= 4 is 11.6 Å². The van der Waals surface area contributed by atoms with Crippen LogP contribution in [0.2, 0.25) is 0 Å². The van der Waals surface area contributed by atoms with Crippen LogP contribution in [0.5, 0.6) is 11.5 Å². The van der Waals surface area contributed by atoms with E-state index >= 15 is 0 Å². The number of fused-ring (bicyclic) bond motifs is 5. The Bertz CT molecular complexity index is 1330. The zero-order valence-electron chi connectivity index (χ0n) is 18.7. The predicted molar refractivity (Wildman–Crippen MR) is 117 cm³/mol. The number of para-hydroxylation sites is 1. The van der Waals surface area contributed by atoms with Gasteiger partial charge in [0.1, 0.15) is 28.3 Å². The molecule has 5 nitrogen and oxygen atoms in total. The van der Waals surface area contributed by atoms with Gasteiger partial charge >= 0.3 is 6.18 Å². The van der Waals surface area contributed by atoms with Crippen molar-refractivity contribution in [1.29, 1.82) is 0 Å². The Morgan fingerprint density at radius 1 is 1.03 bits per heavy atom. The topological polar surface area (TPSA) is 51.9 Å². The quantitative estimate of drug-likeness (QED) is 0.488. The number of amides is 1. The van der Waals surface area contributed by atoms with Crippen molar-refractivity contribution in [3.8, 4) is 11.5 Å². The smallest absolute Gasteiger partial charge is 0.449 e. The molecule has 176 valence electrons. The first kappa shape index (κ1) is 21.1. The minimum absolute atomic E-state index is 0.0708. The van der Waals surface area contributed by atoms with E-state index in [0.29, 0.717) is 24.5 Å². The van der Waals surface area contributed by atoms with Crippen LogP contribution in [0.4, 0.5) is 18.9 Å². The van der Waals surface area contributed by atoms with Crippen LogP contribution >= 0.6 is 0 Å². The third-order valence-corrected chi connectivity index (χ3v) is 6.85. The molecule has 0 saturated heterocycles. The summed E-state index contributed by atoms with van der Waals surface area (Å²) >= 11 is 0. The molecule has 1 aromatic heterocycles. The first-order chi connectivity index (χ1) is 16.1. The average molecular weight is 469 g/mol. The van der Waals surface area contributed by atoms with E-state index in [2.05, 4.69) is 0 Å². The lowest BCUT2D eigenvalue weighted by atomic mass is 9.67. The largest absolute Gasteiger partial charge is 0.493 e. The SMILES string of the molecule is CC1(C)CC2(C(=O)N(Cc3ccc(C(F)(F)F)o3)c3ccccc32)c2cc3c(cc2O1)OCC3. The van der Waals surface area contributed by atoms with Gasteiger partial charge in [0.05, 0.1) is 13.2 Å². The first-order valence-electron chi connectivity index (χ1n) is 11.2. The van der Waals surface area contributed by atoms with Gasteiger partial charge in [0.15, 0.2) is 0 Å². The summed E-state index contributed by atoms with van der Waals surface area (Å²) < 4.78 is 56.3. The van der Waals surface area contributed by atoms with Crippen LogP contribution in [0, 0.1) is 0 Å². The number of hydrogen-bond acceptors (Lipinski definition) is 4. The van der Waals surface area contributed by atoms with E-state index in [9.17, 15) is 18.0 Å². The minimum atomic E-state index is -4.58. The minimum Gasteiger partial charge on any atom is -0.493 e. The Kier molecular flexibility index (Phi) is 4.23. The van der Waals surface area contributed by atoms with E-state index in [1.807, 2.05) is 50.2 Å². The summed E-state index contributed by atoms with van der Waals surface area (Å²) in [6.07, 6.45) is -3.45. The lowest BCUT2D eigenvalue weighted by Crippen LogP contribution is -2.50. The third kappa shape index (κ3) is 2.97. The van der Waals surface area contributed by atoms with Gasteiger partial charge in [-0.05, 0) is 49.2 Å². The van der Waals surface area contributed by atoms with E-state index in [0.717, 1.165) is 34.9 Å². The maximum absolute atomic E-state index is 14.3. The van der Waals surface area contributed by atoms with Gasteiger partial charge in [0.25, 0.3) is 0 Å². The zero-order chi connectivity index (χ0) is 23.9. The molecule has 6 rings (SSSR count). The Morgan fingerprint density at radius 2 is 1.82 bits per heavy atom. The van der Waals surface area contributed by atoms with Crippen LogP contribution in [0.1, 0.15) is 48.5 Å². The molecule has 0 bridgehead atoms. The molecule has 0 saturated carbocycles. The molecule has 1 atom stereocenters. The molecule has 0 fully saturated rings. The van der Waals surface area contributed by atoms with Crippen LogP contribution in [0.15, 0.2) is 52.9 Å². The lowest BCUT2D eigenvalue weighted by Gasteiger charge is -2.43. The van der Waals surface area contributed by atoms with Crippen molar-refractivity contribution in [2.24, 2.45) is 0 Å². The highest BCUT2D eigenvalue weighted by molar-refractivity contribution is 6.11. The van der Waals surface area contributed by atoms with Crippen molar-refractivity contribution in [2.75, 3.05) is 11.5 Å². The molecule has 3 aromatic rings. The van der Waals surface area contributed by atoms with E-state index in [1.54, 1.807) is 0 Å². The molecule has 2 aromatic carbocycles. The van der Waals surface area contributed by atoms with Gasteiger partial charge in [-0.3, -0.25) is 4.79 Å². The molecule has 3 aliphatic rings. The zero-order valence-corrected chi connectivity index (χ0v) is 18.7. The number of ether oxygens (including phenoxy) is 2. The summed E-state index contributed by atoms with van der Waals surface area (Å²) in [7, 11) is 0. The fourth-order valence-corrected chi connectivity index (χ4v) is 5.58. The van der Waals surface area contributed by atoms with Crippen molar-refractivity contribution in [2.45, 2.75) is 50.4 Å². The normalized spacial score (nSPS) is 22.3. The van der Waals surface area contributed by atoms with E-state index in [4.69, 9.17) is 13.9 Å². The Balaban J connectivity index is 1.50. The van der Waals surface area contributed by atoms with E-state index in [1.165, 1.54) is 11.0 Å². The average Bonchev–Trinajstić information content (AvgIpc) is 3.47. The summed E-state index contributed by atoms with van der Waals surface area (Å²) in [5.74, 6) is 0.151. The molecule has 4 heterocycles. The van der Waals surface area contributed by atoms with E-state index < -0.39 is 23.0 Å².